The fraction of sp³-hybridized carbons (Fsp3) is 0. The van der Waals surface area contributed by atoms with Crippen LogP contribution in [0.2, 0.25) is 0 Å². The molecule has 0 aliphatic rings. The zero-order chi connectivity index (χ0) is 7.40. The van der Waals surface area contributed by atoms with Gasteiger partial charge in [0.05, 0.1) is 0 Å². The summed E-state index contributed by atoms with van der Waals surface area (Å²) < 4.78 is 0. The fourth-order valence-corrected chi connectivity index (χ4v) is 0.637. The maximum Gasteiger partial charge on any atom is 1.00 e. The minimum absolute atomic E-state index is 0. The Kier molecular flexibility index (Phi) is 8.45. The molecule has 0 saturated carbocycles. The Labute approximate surface area is 97.5 Å². The standard InChI is InChI=1S/C10H4.2Li/c1-3-9-5-7-10(4-2)8-6-9;;/h5-8H;;/q-2;2*+1. The van der Waals surface area contributed by atoms with E-state index < -0.39 is 0 Å². The normalized spacial score (nSPS) is 6.50. The van der Waals surface area contributed by atoms with Crippen molar-refractivity contribution in [3.05, 3.63) is 48.2 Å². The number of hydrogen-bond donors (Lipinski definition) is 0. The van der Waals surface area contributed by atoms with E-state index in [1.165, 1.54) is 0 Å². The minimum atomic E-state index is 0. The molecule has 1 aromatic rings. The van der Waals surface area contributed by atoms with E-state index in [1.807, 2.05) is 0 Å². The van der Waals surface area contributed by atoms with Crippen molar-refractivity contribution in [2.45, 2.75) is 0 Å². The van der Waals surface area contributed by atoms with Crippen molar-refractivity contribution in [3.63, 3.8) is 0 Å². The van der Waals surface area contributed by atoms with Gasteiger partial charge in [0, 0.05) is 0 Å². The summed E-state index contributed by atoms with van der Waals surface area (Å²) in [4.78, 5) is 0. The average molecular weight is 138 g/mol. The van der Waals surface area contributed by atoms with E-state index in [1.54, 1.807) is 24.3 Å². The van der Waals surface area contributed by atoms with Gasteiger partial charge in [0.2, 0.25) is 0 Å². The van der Waals surface area contributed by atoms with Crippen LogP contribution in [0.15, 0.2) is 24.3 Å². The van der Waals surface area contributed by atoms with Crippen LogP contribution in [0.4, 0.5) is 0 Å². The van der Waals surface area contributed by atoms with Gasteiger partial charge in [-0.05, 0) is 0 Å². The Balaban J connectivity index is 0. The topological polar surface area (TPSA) is 0 Å². The third kappa shape index (κ3) is 3.79. The number of hydrogen-bond acceptors (Lipinski definition) is 0. The van der Waals surface area contributed by atoms with Crippen molar-refractivity contribution in [2.24, 2.45) is 0 Å². The van der Waals surface area contributed by atoms with Gasteiger partial charge in [0.1, 0.15) is 0 Å². The van der Waals surface area contributed by atoms with E-state index in [2.05, 4.69) is 11.8 Å². The van der Waals surface area contributed by atoms with Gasteiger partial charge in [0.15, 0.2) is 0 Å². The first kappa shape index (κ1) is 14.1. The fourth-order valence-electron chi connectivity index (χ4n) is 0.637. The van der Waals surface area contributed by atoms with Gasteiger partial charge in [-0.3, -0.25) is 11.8 Å². The Morgan fingerprint density at radius 2 is 1.00 bits per heavy atom. The molecule has 0 N–H and O–H groups in total. The molecule has 0 aliphatic carbocycles. The molecule has 0 unspecified atom stereocenters. The molecule has 0 fully saturated rings. The van der Waals surface area contributed by atoms with Crippen molar-refractivity contribution < 1.29 is 37.7 Å². The largest absolute Gasteiger partial charge is 1.00 e. The molecule has 0 aromatic heterocycles. The summed E-state index contributed by atoms with van der Waals surface area (Å²) in [5.74, 6) is 4.48. The van der Waals surface area contributed by atoms with Crippen LogP contribution >= 0.6 is 0 Å². The quantitative estimate of drug-likeness (QED) is 0.193. The molecule has 0 radical (unpaired) electrons. The molecule has 0 heterocycles. The van der Waals surface area contributed by atoms with Crippen LogP contribution < -0.4 is 37.7 Å². The van der Waals surface area contributed by atoms with Gasteiger partial charge in [-0.25, -0.2) is 0 Å². The molecule has 1 aromatic carbocycles. The van der Waals surface area contributed by atoms with Crippen LogP contribution in [-0.4, -0.2) is 0 Å². The van der Waals surface area contributed by atoms with Crippen molar-refractivity contribution >= 4 is 0 Å². The summed E-state index contributed by atoms with van der Waals surface area (Å²) in [6.45, 7) is 0. The first-order valence-electron chi connectivity index (χ1n) is 2.82. The van der Waals surface area contributed by atoms with Crippen molar-refractivity contribution in [1.82, 2.24) is 0 Å². The van der Waals surface area contributed by atoms with Gasteiger partial charge in [-0.1, -0.05) is 0 Å². The predicted octanol–water partition coefficient (Wildman–Crippen LogP) is -4.43. The molecule has 0 saturated heterocycles. The maximum atomic E-state index is 6.75. The van der Waals surface area contributed by atoms with Crippen molar-refractivity contribution in [2.75, 3.05) is 0 Å². The van der Waals surface area contributed by atoms with Crippen LogP contribution in [0.1, 0.15) is 11.1 Å². The summed E-state index contributed by atoms with van der Waals surface area (Å²) in [5, 5.41) is 0. The smallest absolute Gasteiger partial charge is 0.366 e. The molecule has 2 heteroatoms. The van der Waals surface area contributed by atoms with E-state index in [0.717, 1.165) is 11.1 Å². The summed E-state index contributed by atoms with van der Waals surface area (Å²) in [6.07, 6.45) is 13.5. The summed E-state index contributed by atoms with van der Waals surface area (Å²) in [6, 6.07) is 6.90. The predicted molar refractivity (Wildman–Crippen MR) is 38.9 cm³/mol. The Bertz CT molecular complexity index is 265. The second-order valence-corrected chi connectivity index (χ2v) is 1.83. The zero-order valence-electron chi connectivity index (χ0n) is 7.31. The molecule has 0 bridgehead atoms. The van der Waals surface area contributed by atoms with Crippen molar-refractivity contribution in [3.8, 4) is 11.8 Å². The van der Waals surface area contributed by atoms with Crippen LogP contribution in [0, 0.1) is 24.7 Å². The van der Waals surface area contributed by atoms with Crippen LogP contribution in [0.5, 0.6) is 0 Å². The van der Waals surface area contributed by atoms with Gasteiger partial charge in [0.25, 0.3) is 0 Å². The van der Waals surface area contributed by atoms with Crippen LogP contribution in [0.3, 0.4) is 0 Å². The first-order chi connectivity index (χ1) is 4.86. The molecular formula is C10H4Li2. The summed E-state index contributed by atoms with van der Waals surface area (Å²) >= 11 is 0. The van der Waals surface area contributed by atoms with Crippen LogP contribution in [0.25, 0.3) is 0 Å². The van der Waals surface area contributed by atoms with Gasteiger partial charge in [-0.15, -0.1) is 35.4 Å². The number of rotatable bonds is 0. The van der Waals surface area contributed by atoms with Gasteiger partial charge in [-0.2, -0.15) is 0 Å². The van der Waals surface area contributed by atoms with E-state index in [9.17, 15) is 0 Å². The average Bonchev–Trinajstić information content (AvgIpc) is 2.05. The van der Waals surface area contributed by atoms with Gasteiger partial charge < -0.3 is 12.8 Å². The maximum absolute atomic E-state index is 6.75. The minimum Gasteiger partial charge on any atom is -0.366 e. The van der Waals surface area contributed by atoms with Crippen molar-refractivity contribution in [1.29, 1.82) is 0 Å². The Hall–Kier alpha value is -0.465. The van der Waals surface area contributed by atoms with E-state index in [0.29, 0.717) is 0 Å². The zero-order valence-corrected chi connectivity index (χ0v) is 7.31. The summed E-state index contributed by atoms with van der Waals surface area (Å²) in [7, 11) is 0. The second kappa shape index (κ2) is 7.20. The first-order valence-corrected chi connectivity index (χ1v) is 2.82. The molecule has 0 aliphatic heterocycles. The molecule has 12 heavy (non-hydrogen) atoms. The summed E-state index contributed by atoms with van der Waals surface area (Å²) in [5.41, 5.74) is 1.44. The number of benzene rings is 1. The molecule has 1 rings (SSSR count). The molecule has 0 atom stereocenters. The second-order valence-electron chi connectivity index (χ2n) is 1.83. The Morgan fingerprint density at radius 3 is 1.17 bits per heavy atom. The molecule has 0 spiro atoms. The molecule has 46 valence electrons. The molecular weight excluding hydrogens is 134 g/mol. The SMILES string of the molecule is [C-]#Cc1ccc(C#[C-])cc1.[Li+].[Li+]. The van der Waals surface area contributed by atoms with Gasteiger partial charge >= 0.3 is 37.7 Å². The Morgan fingerprint density at radius 1 is 0.750 bits per heavy atom. The third-order valence-electron chi connectivity index (χ3n) is 1.17. The molecule has 0 nitrogen and oxygen atoms in total. The molecule has 0 amide bonds. The third-order valence-corrected chi connectivity index (χ3v) is 1.17. The van der Waals surface area contributed by atoms with E-state index >= 15 is 0 Å². The van der Waals surface area contributed by atoms with E-state index in [4.69, 9.17) is 12.8 Å². The van der Waals surface area contributed by atoms with Crippen LogP contribution in [-0.2, 0) is 0 Å². The monoisotopic (exact) mass is 138 g/mol. The van der Waals surface area contributed by atoms with E-state index in [-0.39, 0.29) is 37.7 Å².